The highest BCUT2D eigenvalue weighted by Crippen LogP contribution is 2.25. The predicted molar refractivity (Wildman–Crippen MR) is 88.8 cm³/mol. The second-order valence-corrected chi connectivity index (χ2v) is 5.10. The normalized spacial score (nSPS) is 14.8. The fraction of sp³-hybridized carbons (Fsp3) is 0.333. The molecule has 0 bridgehead atoms. The minimum atomic E-state index is -0.207. The molecule has 4 nitrogen and oxygen atoms in total. The molecule has 1 aromatic rings. The van der Waals surface area contributed by atoms with Crippen molar-refractivity contribution >= 4 is 17.3 Å². The summed E-state index contributed by atoms with van der Waals surface area (Å²) in [6.07, 6.45) is 10.9. The number of fused-ring (bicyclic) bond motifs is 1. The number of anilines is 1. The number of nitrogens with zero attached hydrogens (tertiary/aromatic N) is 1. The van der Waals surface area contributed by atoms with Gasteiger partial charge >= 0.3 is 0 Å². The molecule has 0 aromatic heterocycles. The van der Waals surface area contributed by atoms with Crippen LogP contribution < -0.4 is 5.32 Å². The zero-order chi connectivity index (χ0) is 15.8. The summed E-state index contributed by atoms with van der Waals surface area (Å²) in [5, 5.41) is 7.02. The maximum absolute atomic E-state index is 11.4. The maximum Gasteiger partial charge on any atom is 0.247 e. The van der Waals surface area contributed by atoms with Crippen LogP contribution in [-0.2, 0) is 16.1 Å². The minimum Gasteiger partial charge on any atom is -0.396 e. The van der Waals surface area contributed by atoms with E-state index < -0.39 is 0 Å². The summed E-state index contributed by atoms with van der Waals surface area (Å²) in [5.41, 5.74) is 4.02. The number of aryl methyl sites for hydroxylation is 1. The van der Waals surface area contributed by atoms with Crippen molar-refractivity contribution in [3.05, 3.63) is 42.0 Å². The zero-order valence-electron chi connectivity index (χ0n) is 12.6. The summed E-state index contributed by atoms with van der Waals surface area (Å²) in [7, 11) is 0. The average Bonchev–Trinajstić information content (AvgIpc) is 2.54. The van der Waals surface area contributed by atoms with Gasteiger partial charge < -0.3 is 10.2 Å². The molecule has 0 radical (unpaired) electrons. The van der Waals surface area contributed by atoms with Gasteiger partial charge in [-0.25, -0.2) is 0 Å². The molecule has 0 saturated carbocycles. The van der Waals surface area contributed by atoms with Crippen molar-refractivity contribution < 1.29 is 9.63 Å². The molecule has 0 saturated heterocycles. The molecule has 0 unspecified atom stereocenters. The molecule has 0 fully saturated rings. The van der Waals surface area contributed by atoms with E-state index in [1.807, 2.05) is 18.2 Å². The Morgan fingerprint density at radius 2 is 2.36 bits per heavy atom. The van der Waals surface area contributed by atoms with Gasteiger partial charge in [-0.2, -0.15) is 0 Å². The Balaban J connectivity index is 2.07. The lowest BCUT2D eigenvalue weighted by atomic mass is 9.90. The van der Waals surface area contributed by atoms with Crippen LogP contribution in [0.3, 0.4) is 0 Å². The van der Waals surface area contributed by atoms with Crippen molar-refractivity contribution in [1.29, 1.82) is 0 Å². The highest BCUT2D eigenvalue weighted by Gasteiger charge is 2.16. The quantitative estimate of drug-likeness (QED) is 0.379. The van der Waals surface area contributed by atoms with Crippen molar-refractivity contribution in [3.8, 4) is 12.3 Å². The smallest absolute Gasteiger partial charge is 0.247 e. The Hall–Kier alpha value is -2.54. The number of amides is 1. The number of hydrogen-bond acceptors (Lipinski definition) is 3. The largest absolute Gasteiger partial charge is 0.396 e. The van der Waals surface area contributed by atoms with Crippen molar-refractivity contribution in [2.45, 2.75) is 32.1 Å². The second-order valence-electron chi connectivity index (χ2n) is 5.10. The van der Waals surface area contributed by atoms with Crippen LogP contribution in [0.5, 0.6) is 0 Å². The molecular formula is C18H20N2O2. The number of oxime groups is 1. The Kier molecular flexibility index (Phi) is 5.79. The molecule has 1 aliphatic rings. The number of nitrogens with one attached hydrogen (secondary N) is 1. The van der Waals surface area contributed by atoms with Crippen molar-refractivity contribution in [2.24, 2.45) is 5.16 Å². The minimum absolute atomic E-state index is 0.207. The van der Waals surface area contributed by atoms with Gasteiger partial charge in [-0.3, -0.25) is 4.79 Å². The fourth-order valence-corrected chi connectivity index (χ4v) is 2.39. The summed E-state index contributed by atoms with van der Waals surface area (Å²) in [6, 6.07) is 5.85. The first-order chi connectivity index (χ1) is 10.7. The van der Waals surface area contributed by atoms with E-state index in [9.17, 15) is 4.79 Å². The molecule has 22 heavy (non-hydrogen) atoms. The van der Waals surface area contributed by atoms with Crippen LogP contribution in [0.4, 0.5) is 5.69 Å². The monoisotopic (exact) mass is 296 g/mol. The van der Waals surface area contributed by atoms with E-state index in [1.165, 1.54) is 11.6 Å². The Bertz CT molecular complexity index is 626. The van der Waals surface area contributed by atoms with E-state index in [2.05, 4.69) is 23.0 Å². The Labute approximate surface area is 131 Å². The van der Waals surface area contributed by atoms with Crippen molar-refractivity contribution in [1.82, 2.24) is 0 Å². The van der Waals surface area contributed by atoms with Crippen molar-refractivity contribution in [2.75, 3.05) is 11.9 Å². The fourth-order valence-electron chi connectivity index (χ4n) is 2.39. The van der Waals surface area contributed by atoms with Crippen LogP contribution in [0.1, 0.15) is 36.8 Å². The summed E-state index contributed by atoms with van der Waals surface area (Å²) in [4.78, 5) is 16.7. The lowest BCUT2D eigenvalue weighted by molar-refractivity contribution is -0.111. The molecule has 0 aliphatic heterocycles. The summed E-state index contributed by atoms with van der Waals surface area (Å²) in [6.45, 7) is 3.99. The number of carbonyl (C=O) groups excluding carboxylic acids is 1. The number of terminal acetylenes is 1. The van der Waals surface area contributed by atoms with Gasteiger partial charge in [0.15, 0.2) is 0 Å². The van der Waals surface area contributed by atoms with Crippen LogP contribution in [0, 0.1) is 12.3 Å². The third kappa shape index (κ3) is 4.23. The van der Waals surface area contributed by atoms with Gasteiger partial charge in [0.05, 0.1) is 5.71 Å². The lowest BCUT2D eigenvalue weighted by Crippen LogP contribution is -2.14. The molecule has 1 aromatic carbocycles. The summed E-state index contributed by atoms with van der Waals surface area (Å²) >= 11 is 0. The number of carbonyl (C=O) groups is 1. The predicted octanol–water partition coefficient (Wildman–Crippen LogP) is 3.28. The molecule has 1 N–H and O–H groups in total. The van der Waals surface area contributed by atoms with E-state index in [0.29, 0.717) is 13.0 Å². The van der Waals surface area contributed by atoms with Gasteiger partial charge in [0.25, 0.3) is 0 Å². The highest BCUT2D eigenvalue weighted by atomic mass is 16.6. The van der Waals surface area contributed by atoms with Gasteiger partial charge in [-0.1, -0.05) is 17.8 Å². The van der Waals surface area contributed by atoms with Crippen molar-refractivity contribution in [3.63, 3.8) is 0 Å². The van der Waals surface area contributed by atoms with E-state index in [4.69, 9.17) is 11.3 Å². The third-order valence-corrected chi connectivity index (χ3v) is 3.46. The zero-order valence-corrected chi connectivity index (χ0v) is 12.6. The molecule has 114 valence electrons. The maximum atomic E-state index is 11.4. The first kappa shape index (κ1) is 15.8. The molecule has 1 amide bonds. The van der Waals surface area contributed by atoms with Gasteiger partial charge in [0.2, 0.25) is 5.91 Å². The molecule has 2 rings (SSSR count). The van der Waals surface area contributed by atoms with Crippen LogP contribution in [0.15, 0.2) is 36.0 Å². The average molecular weight is 296 g/mol. The Morgan fingerprint density at radius 3 is 3.14 bits per heavy atom. The molecule has 4 heteroatoms. The first-order valence-corrected chi connectivity index (χ1v) is 7.43. The number of unbranched alkanes of at least 4 members (excludes halogenated alkanes) is 1. The van der Waals surface area contributed by atoms with Gasteiger partial charge in [0, 0.05) is 17.7 Å². The molecule has 0 spiro atoms. The summed E-state index contributed by atoms with van der Waals surface area (Å²) in [5.74, 6) is 2.37. The molecule has 1 aliphatic carbocycles. The van der Waals surface area contributed by atoms with E-state index in [-0.39, 0.29) is 5.91 Å². The lowest BCUT2D eigenvalue weighted by Gasteiger charge is -2.18. The Morgan fingerprint density at radius 1 is 1.50 bits per heavy atom. The first-order valence-electron chi connectivity index (χ1n) is 7.43. The molecular weight excluding hydrogens is 276 g/mol. The van der Waals surface area contributed by atoms with Gasteiger partial charge in [0.1, 0.15) is 6.61 Å². The number of rotatable bonds is 6. The molecule has 0 atom stereocenters. The van der Waals surface area contributed by atoms with Crippen LogP contribution in [-0.4, -0.2) is 18.2 Å². The SMILES string of the molecule is C#CCCCO/N=C1\CCCc2cc(NC(=O)C=C)ccc21. The molecule has 0 heterocycles. The van der Waals surface area contributed by atoms with E-state index in [0.717, 1.165) is 42.6 Å². The number of benzene rings is 1. The van der Waals surface area contributed by atoms with Crippen LogP contribution >= 0.6 is 0 Å². The van der Waals surface area contributed by atoms with E-state index >= 15 is 0 Å². The third-order valence-electron chi connectivity index (χ3n) is 3.46. The number of hydrogen-bond donors (Lipinski definition) is 1. The summed E-state index contributed by atoms with van der Waals surface area (Å²) < 4.78 is 0. The highest BCUT2D eigenvalue weighted by molar-refractivity contribution is 6.03. The van der Waals surface area contributed by atoms with Crippen LogP contribution in [0.25, 0.3) is 0 Å². The van der Waals surface area contributed by atoms with Crippen LogP contribution in [0.2, 0.25) is 0 Å². The van der Waals surface area contributed by atoms with Gasteiger partial charge in [-0.05, 0) is 49.5 Å². The topological polar surface area (TPSA) is 50.7 Å². The standard InChI is InChI=1S/C18H20N2O2/c1-3-5-6-12-22-20-17-9-7-8-14-13-15(10-11-16(14)17)19-18(21)4-2/h1,4,10-11,13H,2,5-9,12H2,(H,19,21)/b20-17+. The second kappa shape index (κ2) is 8.04. The van der Waals surface area contributed by atoms with E-state index in [1.54, 1.807) is 0 Å². The van der Waals surface area contributed by atoms with Gasteiger partial charge in [-0.15, -0.1) is 12.3 Å².